The lowest BCUT2D eigenvalue weighted by Crippen LogP contribution is -2.26. The zero-order chi connectivity index (χ0) is 20.7. The Morgan fingerprint density at radius 1 is 1.23 bits per heavy atom. The molecular weight excluding hydrogens is 380 g/mol. The molecule has 0 amide bonds. The number of rotatable bonds is 5. The highest BCUT2D eigenvalue weighted by Gasteiger charge is 2.27. The molecule has 5 rings (SSSR count). The molecule has 2 atom stereocenters. The number of aromatic nitrogens is 4. The third-order valence-corrected chi connectivity index (χ3v) is 6.42. The molecule has 1 aliphatic carbocycles. The molecule has 2 aliphatic rings. The summed E-state index contributed by atoms with van der Waals surface area (Å²) in [6, 6.07) is 4.55. The first kappa shape index (κ1) is 19.3. The predicted octanol–water partition coefficient (Wildman–Crippen LogP) is 2.90. The summed E-state index contributed by atoms with van der Waals surface area (Å²) in [6.07, 6.45) is 7.64. The first-order valence-corrected chi connectivity index (χ1v) is 10.6. The summed E-state index contributed by atoms with van der Waals surface area (Å²) in [5.41, 5.74) is 4.34. The van der Waals surface area contributed by atoms with E-state index in [1.807, 2.05) is 17.1 Å². The molecule has 2 aromatic heterocycles. The highest BCUT2D eigenvalue weighted by atomic mass is 16.5. The Hall–Kier alpha value is -2.71. The number of fused-ring (bicyclic) bond motifs is 2. The number of aliphatic hydroxyl groups is 1. The van der Waals surface area contributed by atoms with Crippen LogP contribution in [0.5, 0.6) is 5.75 Å². The number of aliphatic hydroxyl groups excluding tert-OH is 1. The van der Waals surface area contributed by atoms with E-state index >= 15 is 0 Å². The van der Waals surface area contributed by atoms with Gasteiger partial charge in [-0.25, -0.2) is 9.67 Å². The standard InChI is InChI=1S/C22H28N6O2/c1-27-6-5-15-9-20(30-2)19(8-16(15)12-27)25-22-23-10-17-11-24-28(21(17)26-22)18-4-3-14(7-18)13-29/h8-11,14,18,29H,3-7,12-13H2,1-2H3,(H,23,25,26)/t14-,18+/m0/s1. The fourth-order valence-electron chi connectivity index (χ4n) is 4.71. The van der Waals surface area contributed by atoms with Crippen LogP contribution < -0.4 is 10.1 Å². The van der Waals surface area contributed by atoms with Crippen LogP contribution in [0.25, 0.3) is 11.0 Å². The maximum atomic E-state index is 9.47. The number of hydrogen-bond donors (Lipinski definition) is 2. The second-order valence-corrected chi connectivity index (χ2v) is 8.51. The molecule has 0 saturated heterocycles. The first-order valence-electron chi connectivity index (χ1n) is 10.6. The van der Waals surface area contributed by atoms with E-state index in [0.29, 0.717) is 11.9 Å². The number of nitrogens with zero attached hydrogens (tertiary/aromatic N) is 5. The molecule has 1 aromatic carbocycles. The van der Waals surface area contributed by atoms with Gasteiger partial charge in [-0.2, -0.15) is 10.1 Å². The Morgan fingerprint density at radius 3 is 2.93 bits per heavy atom. The van der Waals surface area contributed by atoms with Gasteiger partial charge in [0.05, 0.1) is 30.4 Å². The lowest BCUT2D eigenvalue weighted by molar-refractivity contribution is 0.226. The van der Waals surface area contributed by atoms with Gasteiger partial charge >= 0.3 is 0 Å². The topological polar surface area (TPSA) is 88.3 Å². The van der Waals surface area contributed by atoms with Crippen LogP contribution in [0.3, 0.4) is 0 Å². The summed E-state index contributed by atoms with van der Waals surface area (Å²) in [4.78, 5) is 11.6. The highest BCUT2D eigenvalue weighted by Crippen LogP contribution is 2.36. The molecule has 0 radical (unpaired) electrons. The van der Waals surface area contributed by atoms with E-state index in [0.717, 1.165) is 61.2 Å². The van der Waals surface area contributed by atoms with Crippen molar-refractivity contribution >= 4 is 22.7 Å². The monoisotopic (exact) mass is 408 g/mol. The number of methoxy groups -OCH3 is 1. The SMILES string of the molecule is COc1cc2c(cc1Nc1ncc3cnn([C@@H]4CC[C@H](CO)C4)c3n1)CN(C)CC2. The van der Waals surface area contributed by atoms with Crippen LogP contribution in [0.2, 0.25) is 0 Å². The van der Waals surface area contributed by atoms with Gasteiger partial charge in [-0.15, -0.1) is 0 Å². The molecule has 158 valence electrons. The Labute approximate surface area is 175 Å². The number of likely N-dealkylation sites (N-methyl/N-ethyl adjacent to an activating group) is 1. The molecule has 0 bridgehead atoms. The van der Waals surface area contributed by atoms with Crippen molar-refractivity contribution in [3.63, 3.8) is 0 Å². The molecule has 8 heteroatoms. The van der Waals surface area contributed by atoms with E-state index in [1.54, 1.807) is 7.11 Å². The van der Waals surface area contributed by atoms with Crippen LogP contribution in [0, 0.1) is 5.92 Å². The van der Waals surface area contributed by atoms with E-state index in [-0.39, 0.29) is 12.6 Å². The maximum Gasteiger partial charge on any atom is 0.229 e. The van der Waals surface area contributed by atoms with Crippen LogP contribution >= 0.6 is 0 Å². The molecule has 0 spiro atoms. The third kappa shape index (κ3) is 3.50. The van der Waals surface area contributed by atoms with Crippen molar-refractivity contribution in [2.45, 2.75) is 38.3 Å². The van der Waals surface area contributed by atoms with Crippen LogP contribution in [0.15, 0.2) is 24.5 Å². The smallest absolute Gasteiger partial charge is 0.229 e. The number of anilines is 2. The Balaban J connectivity index is 1.46. The lowest BCUT2D eigenvalue weighted by Gasteiger charge is -2.26. The Morgan fingerprint density at radius 2 is 2.13 bits per heavy atom. The summed E-state index contributed by atoms with van der Waals surface area (Å²) < 4.78 is 7.64. The van der Waals surface area contributed by atoms with Crippen molar-refractivity contribution in [1.29, 1.82) is 0 Å². The van der Waals surface area contributed by atoms with Gasteiger partial charge in [-0.05, 0) is 61.9 Å². The molecule has 30 heavy (non-hydrogen) atoms. The van der Waals surface area contributed by atoms with Crippen LogP contribution in [-0.2, 0) is 13.0 Å². The molecule has 1 fully saturated rings. The molecule has 3 aromatic rings. The van der Waals surface area contributed by atoms with Gasteiger partial charge in [0.25, 0.3) is 0 Å². The fraction of sp³-hybridized carbons (Fsp3) is 0.500. The van der Waals surface area contributed by atoms with Gasteiger partial charge in [0, 0.05) is 25.9 Å². The van der Waals surface area contributed by atoms with Crippen LogP contribution in [0.4, 0.5) is 11.6 Å². The summed E-state index contributed by atoms with van der Waals surface area (Å²) >= 11 is 0. The summed E-state index contributed by atoms with van der Waals surface area (Å²) in [5, 5.41) is 18.3. The summed E-state index contributed by atoms with van der Waals surface area (Å²) in [5.74, 6) is 1.69. The highest BCUT2D eigenvalue weighted by molar-refractivity contribution is 5.76. The second-order valence-electron chi connectivity index (χ2n) is 8.51. The zero-order valence-corrected chi connectivity index (χ0v) is 17.5. The van der Waals surface area contributed by atoms with Crippen molar-refractivity contribution < 1.29 is 9.84 Å². The fourth-order valence-corrected chi connectivity index (χ4v) is 4.71. The van der Waals surface area contributed by atoms with Crippen LogP contribution in [-0.4, -0.2) is 57.1 Å². The first-order chi connectivity index (χ1) is 14.6. The minimum atomic E-state index is 0.241. The molecule has 0 unspecified atom stereocenters. The van der Waals surface area contributed by atoms with Gasteiger partial charge in [0.1, 0.15) is 5.75 Å². The molecule has 8 nitrogen and oxygen atoms in total. The number of benzene rings is 1. The number of ether oxygens (including phenoxy) is 1. The van der Waals surface area contributed by atoms with Crippen molar-refractivity contribution in [2.24, 2.45) is 5.92 Å². The normalized spacial score (nSPS) is 21.7. The second kappa shape index (κ2) is 7.85. The van der Waals surface area contributed by atoms with Crippen molar-refractivity contribution in [3.8, 4) is 5.75 Å². The van der Waals surface area contributed by atoms with Crippen LogP contribution in [0.1, 0.15) is 36.4 Å². The Bertz CT molecular complexity index is 1070. The largest absolute Gasteiger partial charge is 0.495 e. The van der Waals surface area contributed by atoms with Gasteiger partial charge < -0.3 is 20.1 Å². The van der Waals surface area contributed by atoms with E-state index in [4.69, 9.17) is 9.72 Å². The van der Waals surface area contributed by atoms with E-state index in [1.165, 1.54) is 11.1 Å². The van der Waals surface area contributed by atoms with Gasteiger partial charge in [-0.1, -0.05) is 0 Å². The Kier molecular flexibility index (Phi) is 5.04. The van der Waals surface area contributed by atoms with Gasteiger partial charge in [0.15, 0.2) is 5.65 Å². The minimum Gasteiger partial charge on any atom is -0.495 e. The van der Waals surface area contributed by atoms with E-state index < -0.39 is 0 Å². The molecular formula is C22H28N6O2. The van der Waals surface area contributed by atoms with Gasteiger partial charge in [-0.3, -0.25) is 0 Å². The number of nitrogens with one attached hydrogen (secondary N) is 1. The molecule has 3 heterocycles. The summed E-state index contributed by atoms with van der Waals surface area (Å²) in [7, 11) is 3.83. The number of hydrogen-bond acceptors (Lipinski definition) is 7. The predicted molar refractivity (Wildman–Crippen MR) is 115 cm³/mol. The van der Waals surface area contributed by atoms with E-state index in [9.17, 15) is 5.11 Å². The van der Waals surface area contributed by atoms with Crippen molar-refractivity contribution in [3.05, 3.63) is 35.7 Å². The minimum absolute atomic E-state index is 0.241. The zero-order valence-electron chi connectivity index (χ0n) is 17.5. The van der Waals surface area contributed by atoms with Gasteiger partial charge in [0.2, 0.25) is 5.95 Å². The third-order valence-electron chi connectivity index (χ3n) is 6.42. The molecule has 1 aliphatic heterocycles. The molecule has 2 N–H and O–H groups in total. The van der Waals surface area contributed by atoms with Crippen molar-refractivity contribution in [2.75, 3.05) is 32.6 Å². The summed E-state index contributed by atoms with van der Waals surface area (Å²) in [6.45, 7) is 2.23. The lowest BCUT2D eigenvalue weighted by atomic mass is 9.99. The van der Waals surface area contributed by atoms with Crippen molar-refractivity contribution in [1.82, 2.24) is 24.6 Å². The van der Waals surface area contributed by atoms with E-state index in [2.05, 4.69) is 39.5 Å². The molecule has 1 saturated carbocycles. The maximum absolute atomic E-state index is 9.47. The average Bonchev–Trinajstić information content (AvgIpc) is 3.39. The quantitative estimate of drug-likeness (QED) is 0.671. The average molecular weight is 409 g/mol.